The van der Waals surface area contributed by atoms with E-state index in [-0.39, 0.29) is 12.2 Å². The third kappa shape index (κ3) is 5.75. The van der Waals surface area contributed by atoms with Crippen LogP contribution in [0, 0.1) is 5.92 Å². The van der Waals surface area contributed by atoms with Crippen LogP contribution in [0.15, 0.2) is 82.6 Å². The van der Waals surface area contributed by atoms with Crippen molar-refractivity contribution in [1.82, 2.24) is 4.57 Å². The highest BCUT2D eigenvalue weighted by molar-refractivity contribution is 8.00. The Balaban J connectivity index is 1.41. The van der Waals surface area contributed by atoms with Crippen LogP contribution in [0.4, 0.5) is 30.2 Å². The van der Waals surface area contributed by atoms with E-state index in [1.54, 1.807) is 24.3 Å². The molecule has 0 radical (unpaired) electrons. The smallest absolute Gasteiger partial charge is 0.378 e. The average molecular weight is 673 g/mol. The molecule has 1 aromatic heterocycles. The molecular formula is C31H24ClF3N4O4S2. The van der Waals surface area contributed by atoms with E-state index in [1.165, 1.54) is 10.6 Å². The zero-order valence-electron chi connectivity index (χ0n) is 23.7. The monoisotopic (exact) mass is 672 g/mol. The van der Waals surface area contributed by atoms with Crippen molar-refractivity contribution in [3.63, 3.8) is 0 Å². The predicted molar refractivity (Wildman–Crippen MR) is 168 cm³/mol. The number of thiazole rings is 1. The van der Waals surface area contributed by atoms with Gasteiger partial charge in [-0.05, 0) is 60.2 Å². The van der Waals surface area contributed by atoms with Crippen molar-refractivity contribution < 1.29 is 27.6 Å². The molecule has 2 aliphatic rings. The largest absolute Gasteiger partial charge is 0.416 e. The van der Waals surface area contributed by atoms with Crippen LogP contribution in [0.3, 0.4) is 0 Å². The molecule has 4 aromatic rings. The SMILES string of the molecule is CN(C)c1ccc([C@@H]2c3sc(=O)n(CC(=O)Nc4ccc(Cl)cc4)c3S[C@H]3C(=O)N(c4cccc(C(F)(F)F)c4)C(=O)[C@@H]23)cc1. The number of amides is 3. The Bertz CT molecular complexity index is 1870. The minimum absolute atomic E-state index is 0.181. The molecule has 1 fully saturated rings. The van der Waals surface area contributed by atoms with Crippen LogP contribution in [0.5, 0.6) is 0 Å². The molecule has 0 bridgehead atoms. The number of nitrogens with zero attached hydrogens (tertiary/aromatic N) is 3. The molecule has 1 N–H and O–H groups in total. The summed E-state index contributed by atoms with van der Waals surface area (Å²) in [5, 5.41) is 2.53. The molecule has 0 spiro atoms. The van der Waals surface area contributed by atoms with E-state index in [0.717, 1.165) is 51.9 Å². The summed E-state index contributed by atoms with van der Waals surface area (Å²) in [7, 11) is 3.74. The van der Waals surface area contributed by atoms with Crippen molar-refractivity contribution in [3.05, 3.63) is 103 Å². The lowest BCUT2D eigenvalue weighted by Crippen LogP contribution is -2.33. The van der Waals surface area contributed by atoms with E-state index in [0.29, 0.717) is 26.2 Å². The Morgan fingerprint density at radius 1 is 0.978 bits per heavy atom. The van der Waals surface area contributed by atoms with E-state index in [1.807, 2.05) is 43.3 Å². The highest BCUT2D eigenvalue weighted by Crippen LogP contribution is 2.54. The highest BCUT2D eigenvalue weighted by Gasteiger charge is 2.57. The number of alkyl halides is 3. The fraction of sp³-hybridized carbons (Fsp3) is 0.226. The van der Waals surface area contributed by atoms with Gasteiger partial charge in [0.1, 0.15) is 11.8 Å². The summed E-state index contributed by atoms with van der Waals surface area (Å²) in [6.45, 7) is -0.358. The molecule has 0 saturated carbocycles. The summed E-state index contributed by atoms with van der Waals surface area (Å²) >= 11 is 7.80. The van der Waals surface area contributed by atoms with Crippen LogP contribution in [0.25, 0.3) is 0 Å². The number of fused-ring (bicyclic) bond motifs is 2. The van der Waals surface area contributed by atoms with Crippen LogP contribution in [-0.4, -0.2) is 41.6 Å². The van der Waals surface area contributed by atoms with Crippen LogP contribution in [-0.2, 0) is 27.1 Å². The molecule has 232 valence electrons. The van der Waals surface area contributed by atoms with Gasteiger partial charge in [0.05, 0.1) is 22.2 Å². The number of hydrogen-bond donors (Lipinski definition) is 1. The van der Waals surface area contributed by atoms with Crippen molar-refractivity contribution in [2.24, 2.45) is 5.92 Å². The molecule has 45 heavy (non-hydrogen) atoms. The third-order valence-electron chi connectivity index (χ3n) is 7.68. The molecule has 3 amide bonds. The highest BCUT2D eigenvalue weighted by atomic mass is 35.5. The van der Waals surface area contributed by atoms with Gasteiger partial charge in [-0.3, -0.25) is 23.7 Å². The maximum Gasteiger partial charge on any atom is 0.416 e. The number of hydrogen-bond acceptors (Lipinski definition) is 7. The average Bonchev–Trinajstić information content (AvgIpc) is 3.44. The van der Waals surface area contributed by atoms with Gasteiger partial charge in [-0.25, -0.2) is 4.90 Å². The van der Waals surface area contributed by atoms with Crippen molar-refractivity contribution in [1.29, 1.82) is 0 Å². The minimum Gasteiger partial charge on any atom is -0.378 e. The van der Waals surface area contributed by atoms with Gasteiger partial charge in [0.2, 0.25) is 17.7 Å². The Labute approximate surface area is 268 Å². The van der Waals surface area contributed by atoms with Crippen LogP contribution < -0.4 is 20.0 Å². The van der Waals surface area contributed by atoms with Crippen molar-refractivity contribution in [3.8, 4) is 0 Å². The summed E-state index contributed by atoms with van der Waals surface area (Å²) in [5.41, 5.74) is 0.840. The molecule has 14 heteroatoms. The molecule has 3 aromatic carbocycles. The van der Waals surface area contributed by atoms with Crippen molar-refractivity contribution in [2.45, 2.75) is 28.9 Å². The number of halogens is 4. The van der Waals surface area contributed by atoms with Gasteiger partial charge in [0.15, 0.2) is 0 Å². The number of carbonyl (C=O) groups excluding carboxylic acids is 3. The lowest BCUT2D eigenvalue weighted by Gasteiger charge is -2.31. The van der Waals surface area contributed by atoms with Crippen molar-refractivity contribution in [2.75, 3.05) is 29.2 Å². The topological polar surface area (TPSA) is 91.7 Å². The summed E-state index contributed by atoms with van der Waals surface area (Å²) in [5.74, 6) is -3.59. The van der Waals surface area contributed by atoms with Crippen molar-refractivity contribution >= 4 is 69.5 Å². The second kappa shape index (κ2) is 11.7. The lowest BCUT2D eigenvalue weighted by molar-refractivity contribution is -0.137. The number of nitrogens with one attached hydrogen (secondary N) is 1. The molecule has 6 rings (SSSR count). The first-order valence-corrected chi connectivity index (χ1v) is 15.7. The van der Waals surface area contributed by atoms with Gasteiger partial charge < -0.3 is 10.2 Å². The summed E-state index contributed by atoms with van der Waals surface area (Å²) < 4.78 is 41.9. The number of anilines is 3. The molecule has 1 saturated heterocycles. The maximum atomic E-state index is 14.0. The zero-order valence-corrected chi connectivity index (χ0v) is 26.1. The van der Waals surface area contributed by atoms with Crippen LogP contribution in [0.2, 0.25) is 5.02 Å². The van der Waals surface area contributed by atoms with Gasteiger partial charge >= 0.3 is 11.0 Å². The molecule has 8 nitrogen and oxygen atoms in total. The summed E-state index contributed by atoms with van der Waals surface area (Å²) in [6.07, 6.45) is -4.67. The molecule has 0 aliphatic carbocycles. The Morgan fingerprint density at radius 3 is 2.31 bits per heavy atom. The zero-order chi connectivity index (χ0) is 32.2. The fourth-order valence-corrected chi connectivity index (χ4v) is 8.45. The number of carbonyl (C=O) groups is 3. The first-order chi connectivity index (χ1) is 21.3. The van der Waals surface area contributed by atoms with Gasteiger partial charge in [-0.2, -0.15) is 13.2 Å². The number of aromatic nitrogens is 1. The molecular weight excluding hydrogens is 649 g/mol. The van der Waals surface area contributed by atoms with Gasteiger partial charge in [-0.15, -0.1) is 0 Å². The molecule has 2 aliphatic heterocycles. The van der Waals surface area contributed by atoms with Gasteiger partial charge in [0.25, 0.3) is 0 Å². The first kappa shape index (κ1) is 30.9. The number of thioether (sulfide) groups is 1. The minimum atomic E-state index is -4.67. The van der Waals surface area contributed by atoms with E-state index in [2.05, 4.69) is 5.32 Å². The predicted octanol–water partition coefficient (Wildman–Crippen LogP) is 6.08. The molecule has 3 atom stereocenters. The fourth-order valence-electron chi connectivity index (χ4n) is 5.55. The standard InChI is InChI=1S/C31H24ClF3N4O4S2/c1-37(2)20-12-6-16(7-13-20)23-24-25(28(42)39(27(24)41)21-5-3-4-17(14-21)31(33,34)35)44-29-26(23)45-30(43)38(29)15-22(40)36-19-10-8-18(32)9-11-19/h3-14,23-25H,15H2,1-2H3,(H,36,40)/t23-,24-,25+/m0/s1. The summed E-state index contributed by atoms with van der Waals surface area (Å²) in [4.78, 5) is 57.0. The molecule has 0 unspecified atom stereocenters. The summed E-state index contributed by atoms with van der Waals surface area (Å²) in [6, 6.07) is 17.9. The Morgan fingerprint density at radius 2 is 1.67 bits per heavy atom. The van der Waals surface area contributed by atoms with E-state index in [9.17, 15) is 32.3 Å². The van der Waals surface area contributed by atoms with Crippen LogP contribution >= 0.6 is 34.7 Å². The van der Waals surface area contributed by atoms with E-state index >= 15 is 0 Å². The first-order valence-electron chi connectivity index (χ1n) is 13.6. The maximum absolute atomic E-state index is 14.0. The normalized spacial score (nSPS) is 19.3. The van der Waals surface area contributed by atoms with Gasteiger partial charge in [-0.1, -0.05) is 52.9 Å². The number of imide groups is 1. The molecule has 3 heterocycles. The van der Waals surface area contributed by atoms with E-state index in [4.69, 9.17) is 11.6 Å². The van der Waals surface area contributed by atoms with Crippen LogP contribution in [0.1, 0.15) is 21.9 Å². The number of rotatable bonds is 6. The lowest BCUT2D eigenvalue weighted by atomic mass is 9.83. The number of benzene rings is 3. The van der Waals surface area contributed by atoms with E-state index < -0.39 is 51.4 Å². The Hall–Kier alpha value is -4.07. The second-order valence-corrected chi connectivity index (χ2v) is 13.3. The quantitative estimate of drug-likeness (QED) is 0.250. The second-order valence-electron chi connectivity index (χ2n) is 10.8. The van der Waals surface area contributed by atoms with Gasteiger partial charge in [0, 0.05) is 41.3 Å². The third-order valence-corrected chi connectivity index (χ3v) is 10.5. The Kier molecular flexibility index (Phi) is 8.04.